The molecule has 7 nitrogen and oxygen atoms in total. The van der Waals surface area contributed by atoms with Gasteiger partial charge >= 0.3 is 6.09 Å². The summed E-state index contributed by atoms with van der Waals surface area (Å²) in [5.74, 6) is -0.260. The topological polar surface area (TPSA) is 74.8 Å². The highest BCUT2D eigenvalue weighted by molar-refractivity contribution is 5.90. The average molecular weight is 419 g/mol. The molecule has 1 N–H and O–H groups in total. The van der Waals surface area contributed by atoms with E-state index in [9.17, 15) is 14.0 Å². The quantitative estimate of drug-likeness (QED) is 0.813. The van der Waals surface area contributed by atoms with Crippen molar-refractivity contribution in [3.8, 4) is 0 Å². The third kappa shape index (κ3) is 5.56. The van der Waals surface area contributed by atoms with E-state index in [1.54, 1.807) is 20.8 Å². The number of carbonyl (C=O) groups is 2. The number of ether oxygens (including phenoxy) is 1. The molecule has 2 amide bonds. The lowest BCUT2D eigenvalue weighted by Crippen LogP contribution is -2.43. The molecule has 1 saturated heterocycles. The molecule has 0 unspecified atom stereocenters. The lowest BCUT2D eigenvalue weighted by atomic mass is 9.93. The van der Waals surface area contributed by atoms with Gasteiger partial charge in [-0.1, -0.05) is 6.08 Å². The highest BCUT2D eigenvalue weighted by Gasteiger charge is 2.29. The van der Waals surface area contributed by atoms with Crippen molar-refractivity contribution in [3.05, 3.63) is 29.9 Å². The minimum atomic E-state index is -0.663. The molecule has 1 fully saturated rings. The normalized spacial score (nSPS) is 18.7. The molecule has 0 radical (unpaired) electrons. The van der Waals surface area contributed by atoms with E-state index in [0.717, 1.165) is 37.7 Å². The number of aromatic nitrogens is 1. The van der Waals surface area contributed by atoms with E-state index in [0.29, 0.717) is 25.1 Å². The summed E-state index contributed by atoms with van der Waals surface area (Å²) < 4.78 is 19.9. The molecule has 164 valence electrons. The fraction of sp³-hybridized carbons (Fsp3) is 0.591. The van der Waals surface area contributed by atoms with Gasteiger partial charge in [-0.3, -0.25) is 15.1 Å². The SMILES string of the molecule is CN1CCC(C(=O)N2CC=C(c3c(F)cncc3NC(=O)OC(C)(C)C)CC2)CC1. The van der Waals surface area contributed by atoms with Gasteiger partial charge in [0.25, 0.3) is 0 Å². The molecule has 2 aliphatic rings. The zero-order chi connectivity index (χ0) is 21.9. The number of hydrogen-bond donors (Lipinski definition) is 1. The van der Waals surface area contributed by atoms with E-state index in [1.807, 2.05) is 11.0 Å². The third-order valence-electron chi connectivity index (χ3n) is 5.45. The molecule has 3 heterocycles. The molecule has 1 aromatic rings. The van der Waals surface area contributed by atoms with Crippen LogP contribution in [0.4, 0.5) is 14.9 Å². The van der Waals surface area contributed by atoms with Gasteiger partial charge in [-0.2, -0.15) is 0 Å². The highest BCUT2D eigenvalue weighted by atomic mass is 19.1. The summed E-state index contributed by atoms with van der Waals surface area (Å²) in [7, 11) is 2.07. The van der Waals surface area contributed by atoms with E-state index in [2.05, 4.69) is 22.2 Å². The number of rotatable bonds is 3. The van der Waals surface area contributed by atoms with Crippen molar-refractivity contribution < 1.29 is 18.7 Å². The maximum Gasteiger partial charge on any atom is 0.412 e. The van der Waals surface area contributed by atoms with Crippen LogP contribution in [-0.4, -0.2) is 65.6 Å². The zero-order valence-electron chi connectivity index (χ0n) is 18.2. The number of nitrogens with one attached hydrogen (secondary N) is 1. The Bertz CT molecular complexity index is 826. The lowest BCUT2D eigenvalue weighted by Gasteiger charge is -2.34. The Morgan fingerprint density at radius 2 is 1.90 bits per heavy atom. The fourth-order valence-electron chi connectivity index (χ4n) is 3.88. The summed E-state index contributed by atoms with van der Waals surface area (Å²) in [5, 5.41) is 2.61. The maximum absolute atomic E-state index is 14.6. The smallest absolute Gasteiger partial charge is 0.412 e. The minimum Gasteiger partial charge on any atom is -0.444 e. The van der Waals surface area contributed by atoms with Crippen LogP contribution in [0, 0.1) is 11.7 Å². The summed E-state index contributed by atoms with van der Waals surface area (Å²) in [6.07, 6.45) is 6.03. The van der Waals surface area contributed by atoms with Gasteiger partial charge in [-0.25, -0.2) is 9.18 Å². The van der Waals surface area contributed by atoms with Crippen LogP contribution in [0.2, 0.25) is 0 Å². The Balaban J connectivity index is 1.71. The van der Waals surface area contributed by atoms with Crippen molar-refractivity contribution in [3.63, 3.8) is 0 Å². The van der Waals surface area contributed by atoms with E-state index in [-0.39, 0.29) is 17.5 Å². The number of nitrogens with zero attached hydrogens (tertiary/aromatic N) is 3. The number of likely N-dealkylation sites (tertiary alicyclic amines) is 1. The molecule has 0 spiro atoms. The van der Waals surface area contributed by atoms with Crippen molar-refractivity contribution in [1.29, 1.82) is 0 Å². The van der Waals surface area contributed by atoms with Crippen LogP contribution < -0.4 is 5.32 Å². The van der Waals surface area contributed by atoms with Crippen molar-refractivity contribution >= 4 is 23.3 Å². The largest absolute Gasteiger partial charge is 0.444 e. The summed E-state index contributed by atoms with van der Waals surface area (Å²) >= 11 is 0. The first kappa shape index (κ1) is 22.2. The summed E-state index contributed by atoms with van der Waals surface area (Å²) in [4.78, 5) is 32.9. The van der Waals surface area contributed by atoms with Crippen LogP contribution in [0.5, 0.6) is 0 Å². The second kappa shape index (κ2) is 9.12. The monoisotopic (exact) mass is 418 g/mol. The Kier molecular flexibility index (Phi) is 6.75. The van der Waals surface area contributed by atoms with Crippen molar-refractivity contribution in [2.24, 2.45) is 5.92 Å². The maximum atomic E-state index is 14.6. The fourth-order valence-corrected chi connectivity index (χ4v) is 3.88. The molecule has 0 aromatic carbocycles. The molecule has 0 atom stereocenters. The number of hydrogen-bond acceptors (Lipinski definition) is 5. The zero-order valence-corrected chi connectivity index (χ0v) is 18.2. The molecule has 0 aliphatic carbocycles. The van der Waals surface area contributed by atoms with Gasteiger partial charge in [0.1, 0.15) is 5.60 Å². The number of halogens is 1. The van der Waals surface area contributed by atoms with Gasteiger partial charge < -0.3 is 14.5 Å². The van der Waals surface area contributed by atoms with E-state index in [1.165, 1.54) is 6.20 Å². The Hall–Kier alpha value is -2.48. The summed E-state index contributed by atoms with van der Waals surface area (Å²) in [6, 6.07) is 0. The first-order valence-corrected chi connectivity index (χ1v) is 10.4. The van der Waals surface area contributed by atoms with Crippen molar-refractivity contribution in [1.82, 2.24) is 14.8 Å². The molecule has 2 aliphatic heterocycles. The Labute approximate surface area is 177 Å². The molecule has 1 aromatic heterocycles. The highest BCUT2D eigenvalue weighted by Crippen LogP contribution is 2.31. The van der Waals surface area contributed by atoms with Crippen LogP contribution in [0.15, 0.2) is 18.5 Å². The number of piperidine rings is 1. The molecular formula is C22H31FN4O3. The average Bonchev–Trinajstić information content (AvgIpc) is 2.67. The summed E-state index contributed by atoms with van der Waals surface area (Å²) in [6.45, 7) is 8.13. The van der Waals surface area contributed by atoms with Gasteiger partial charge in [0.15, 0.2) is 5.82 Å². The number of anilines is 1. The van der Waals surface area contributed by atoms with Crippen LogP contribution in [0.1, 0.15) is 45.6 Å². The Morgan fingerprint density at radius 1 is 1.20 bits per heavy atom. The molecule has 30 heavy (non-hydrogen) atoms. The predicted octanol–water partition coefficient (Wildman–Crippen LogP) is 3.53. The minimum absolute atomic E-state index is 0.0678. The first-order chi connectivity index (χ1) is 14.1. The summed E-state index contributed by atoms with van der Waals surface area (Å²) in [5.41, 5.74) is 0.672. The van der Waals surface area contributed by atoms with Crippen LogP contribution in [-0.2, 0) is 9.53 Å². The lowest BCUT2D eigenvalue weighted by molar-refractivity contribution is -0.136. The second-order valence-electron chi connectivity index (χ2n) is 9.01. The molecule has 0 saturated carbocycles. The van der Waals surface area contributed by atoms with Gasteiger partial charge in [-0.05, 0) is 65.7 Å². The standard InChI is InChI=1S/C22H31FN4O3/c1-22(2,3)30-21(29)25-18-14-24-13-17(23)19(18)15-7-11-27(12-8-15)20(28)16-5-9-26(4)10-6-16/h7,13-14,16H,5-6,8-12H2,1-4H3,(H,25,29). The van der Waals surface area contributed by atoms with Gasteiger partial charge in [0, 0.05) is 24.6 Å². The molecule has 0 bridgehead atoms. The van der Waals surface area contributed by atoms with Crippen LogP contribution >= 0.6 is 0 Å². The van der Waals surface area contributed by atoms with Gasteiger partial charge in [-0.15, -0.1) is 0 Å². The van der Waals surface area contributed by atoms with E-state index >= 15 is 0 Å². The second-order valence-corrected chi connectivity index (χ2v) is 9.01. The van der Waals surface area contributed by atoms with E-state index in [4.69, 9.17) is 4.74 Å². The van der Waals surface area contributed by atoms with Gasteiger partial charge in [0.2, 0.25) is 5.91 Å². The third-order valence-corrected chi connectivity index (χ3v) is 5.45. The predicted molar refractivity (Wildman–Crippen MR) is 113 cm³/mol. The van der Waals surface area contributed by atoms with Crippen molar-refractivity contribution in [2.75, 3.05) is 38.5 Å². The number of amides is 2. The Morgan fingerprint density at radius 3 is 2.50 bits per heavy atom. The number of pyridine rings is 1. The van der Waals surface area contributed by atoms with Crippen LogP contribution in [0.3, 0.4) is 0 Å². The number of carbonyl (C=O) groups excluding carboxylic acids is 2. The molecule has 8 heteroatoms. The van der Waals surface area contributed by atoms with E-state index < -0.39 is 17.5 Å². The van der Waals surface area contributed by atoms with Crippen molar-refractivity contribution in [2.45, 2.75) is 45.6 Å². The molecular weight excluding hydrogens is 387 g/mol. The van der Waals surface area contributed by atoms with Crippen LogP contribution in [0.25, 0.3) is 5.57 Å². The molecule has 3 rings (SSSR count). The van der Waals surface area contributed by atoms with Gasteiger partial charge in [0.05, 0.1) is 18.1 Å². The first-order valence-electron chi connectivity index (χ1n) is 10.4.